The predicted molar refractivity (Wildman–Crippen MR) is 80.4 cm³/mol. The van der Waals surface area contributed by atoms with E-state index in [0.29, 0.717) is 5.41 Å². The minimum absolute atomic E-state index is 0.147. The van der Waals surface area contributed by atoms with Crippen LogP contribution < -0.4 is 0 Å². The van der Waals surface area contributed by atoms with E-state index in [1.54, 1.807) is 24.5 Å². The molecule has 6 nitrogen and oxygen atoms in total. The molecular formula is C16H18N4O2. The number of hydrogen-bond acceptors (Lipinski definition) is 4. The van der Waals surface area contributed by atoms with Gasteiger partial charge in [0.1, 0.15) is 12.2 Å². The van der Waals surface area contributed by atoms with Crippen molar-refractivity contribution in [1.29, 1.82) is 0 Å². The van der Waals surface area contributed by atoms with Crippen LogP contribution in [0.4, 0.5) is 5.69 Å². The molecule has 22 heavy (non-hydrogen) atoms. The van der Waals surface area contributed by atoms with Crippen LogP contribution in [0.5, 0.6) is 0 Å². The molecule has 0 N–H and O–H groups in total. The number of benzene rings is 1. The third-order valence-electron chi connectivity index (χ3n) is 5.52. The highest BCUT2D eigenvalue weighted by Crippen LogP contribution is 2.66. The lowest BCUT2D eigenvalue weighted by atomic mass is 9.43. The molecule has 0 bridgehead atoms. The Labute approximate surface area is 128 Å². The van der Waals surface area contributed by atoms with E-state index in [9.17, 15) is 10.1 Å². The van der Waals surface area contributed by atoms with Crippen LogP contribution >= 0.6 is 0 Å². The molecular weight excluding hydrogens is 280 g/mol. The van der Waals surface area contributed by atoms with Crippen molar-refractivity contribution in [2.45, 2.75) is 37.5 Å². The topological polar surface area (TPSA) is 73.8 Å². The van der Waals surface area contributed by atoms with Gasteiger partial charge < -0.3 is 4.57 Å². The quantitative estimate of drug-likeness (QED) is 0.645. The standard InChI is InChI=1S/C16H18N4O2/c1-19-11-17-18-14(19)16(9-15(10-16)6-3-7-15)12-4-2-5-13(8-12)20(21)22/h2,4-5,8,11H,3,6-7,9-10H2,1H3. The Hall–Kier alpha value is -2.24. The Morgan fingerprint density at radius 2 is 2.09 bits per heavy atom. The summed E-state index contributed by atoms with van der Waals surface area (Å²) in [5.41, 5.74) is 1.35. The molecule has 114 valence electrons. The van der Waals surface area contributed by atoms with Crippen LogP contribution in [0.2, 0.25) is 0 Å². The summed E-state index contributed by atoms with van der Waals surface area (Å²) >= 11 is 0. The number of nitro groups is 1. The van der Waals surface area contributed by atoms with E-state index in [-0.39, 0.29) is 16.0 Å². The first-order valence-electron chi connectivity index (χ1n) is 7.64. The summed E-state index contributed by atoms with van der Waals surface area (Å²) in [7, 11) is 1.94. The number of aromatic nitrogens is 3. The van der Waals surface area contributed by atoms with Gasteiger partial charge in [-0.15, -0.1) is 10.2 Å². The fourth-order valence-corrected chi connectivity index (χ4v) is 4.38. The van der Waals surface area contributed by atoms with Crippen LogP contribution in [0.25, 0.3) is 0 Å². The average Bonchev–Trinajstić information content (AvgIpc) is 2.84. The highest BCUT2D eigenvalue weighted by Gasteiger charge is 2.60. The summed E-state index contributed by atoms with van der Waals surface area (Å²) in [6.07, 6.45) is 7.58. The van der Waals surface area contributed by atoms with Gasteiger partial charge in [-0.1, -0.05) is 18.6 Å². The summed E-state index contributed by atoms with van der Waals surface area (Å²) < 4.78 is 1.95. The van der Waals surface area contributed by atoms with Crippen LogP contribution in [-0.2, 0) is 12.5 Å². The van der Waals surface area contributed by atoms with Crippen molar-refractivity contribution < 1.29 is 4.92 Å². The largest absolute Gasteiger partial charge is 0.320 e. The molecule has 0 aliphatic heterocycles. The van der Waals surface area contributed by atoms with E-state index in [1.807, 2.05) is 17.7 Å². The molecule has 6 heteroatoms. The third-order valence-corrected chi connectivity index (χ3v) is 5.52. The van der Waals surface area contributed by atoms with E-state index < -0.39 is 0 Å². The fraction of sp³-hybridized carbons (Fsp3) is 0.500. The van der Waals surface area contributed by atoms with Crippen molar-refractivity contribution in [3.05, 3.63) is 52.1 Å². The average molecular weight is 298 g/mol. The normalized spacial score (nSPS) is 21.1. The van der Waals surface area contributed by atoms with E-state index in [0.717, 1.165) is 24.2 Å². The molecule has 2 saturated carbocycles. The Morgan fingerprint density at radius 3 is 2.64 bits per heavy atom. The zero-order valence-electron chi connectivity index (χ0n) is 12.5. The Morgan fingerprint density at radius 1 is 1.32 bits per heavy atom. The van der Waals surface area contributed by atoms with Crippen LogP contribution in [0, 0.1) is 15.5 Å². The van der Waals surface area contributed by atoms with Gasteiger partial charge in [0.15, 0.2) is 0 Å². The number of rotatable bonds is 3. The highest BCUT2D eigenvalue weighted by molar-refractivity contribution is 5.45. The van der Waals surface area contributed by atoms with Gasteiger partial charge in [0.05, 0.1) is 10.3 Å². The van der Waals surface area contributed by atoms with Crippen molar-refractivity contribution in [2.24, 2.45) is 12.5 Å². The number of non-ortho nitro benzene ring substituents is 1. The van der Waals surface area contributed by atoms with E-state index in [1.165, 1.54) is 19.3 Å². The molecule has 1 heterocycles. The molecule has 2 aliphatic carbocycles. The Bertz CT molecular complexity index is 740. The molecule has 0 unspecified atom stereocenters. The predicted octanol–water partition coefficient (Wildman–Crippen LogP) is 2.97. The van der Waals surface area contributed by atoms with Crippen LogP contribution in [0.15, 0.2) is 30.6 Å². The van der Waals surface area contributed by atoms with Crippen LogP contribution in [0.3, 0.4) is 0 Å². The molecule has 0 atom stereocenters. The van der Waals surface area contributed by atoms with Gasteiger partial charge in [0.2, 0.25) is 0 Å². The number of nitro benzene ring substituents is 1. The van der Waals surface area contributed by atoms with Crippen molar-refractivity contribution >= 4 is 5.69 Å². The summed E-state index contributed by atoms with van der Waals surface area (Å²) in [5.74, 6) is 0.922. The molecule has 2 aromatic rings. The second-order valence-corrected chi connectivity index (χ2v) is 6.86. The maximum Gasteiger partial charge on any atom is 0.269 e. The third kappa shape index (κ3) is 1.73. The van der Waals surface area contributed by atoms with E-state index in [4.69, 9.17) is 0 Å². The maximum absolute atomic E-state index is 11.1. The molecule has 1 spiro atoms. The van der Waals surface area contributed by atoms with E-state index in [2.05, 4.69) is 10.2 Å². The first kappa shape index (κ1) is 13.4. The fourth-order valence-electron chi connectivity index (χ4n) is 4.38. The number of aryl methyl sites for hydroxylation is 1. The lowest BCUT2D eigenvalue weighted by molar-refractivity contribution is -0.385. The Kier molecular flexibility index (Phi) is 2.67. The summed E-state index contributed by atoms with van der Waals surface area (Å²) in [6, 6.07) is 7.02. The van der Waals surface area contributed by atoms with Gasteiger partial charge >= 0.3 is 0 Å². The smallest absolute Gasteiger partial charge is 0.269 e. The monoisotopic (exact) mass is 298 g/mol. The van der Waals surface area contributed by atoms with Crippen LogP contribution in [0.1, 0.15) is 43.5 Å². The van der Waals surface area contributed by atoms with Crippen molar-refractivity contribution in [2.75, 3.05) is 0 Å². The van der Waals surface area contributed by atoms with Gasteiger partial charge in [-0.25, -0.2) is 0 Å². The summed E-state index contributed by atoms with van der Waals surface area (Å²) in [6.45, 7) is 0. The zero-order valence-corrected chi connectivity index (χ0v) is 12.5. The summed E-state index contributed by atoms with van der Waals surface area (Å²) in [5, 5.41) is 19.5. The first-order chi connectivity index (χ1) is 10.5. The molecule has 0 amide bonds. The van der Waals surface area contributed by atoms with Crippen LogP contribution in [-0.4, -0.2) is 19.7 Å². The lowest BCUT2D eigenvalue weighted by Crippen LogP contribution is -2.54. The van der Waals surface area contributed by atoms with Gasteiger partial charge in [-0.05, 0) is 36.7 Å². The van der Waals surface area contributed by atoms with Gasteiger partial charge in [-0.2, -0.15) is 0 Å². The molecule has 0 radical (unpaired) electrons. The second-order valence-electron chi connectivity index (χ2n) is 6.86. The Balaban J connectivity index is 1.80. The van der Waals surface area contributed by atoms with Gasteiger partial charge in [0, 0.05) is 19.2 Å². The molecule has 4 rings (SSSR count). The molecule has 1 aromatic carbocycles. The van der Waals surface area contributed by atoms with Crippen molar-refractivity contribution in [1.82, 2.24) is 14.8 Å². The van der Waals surface area contributed by atoms with E-state index >= 15 is 0 Å². The lowest BCUT2D eigenvalue weighted by Gasteiger charge is -2.60. The second kappa shape index (κ2) is 4.38. The molecule has 2 aliphatic rings. The van der Waals surface area contributed by atoms with Gasteiger partial charge in [0.25, 0.3) is 5.69 Å². The first-order valence-corrected chi connectivity index (χ1v) is 7.64. The maximum atomic E-state index is 11.1. The highest BCUT2D eigenvalue weighted by atomic mass is 16.6. The zero-order chi connectivity index (χ0) is 15.4. The number of nitrogens with zero attached hydrogens (tertiary/aromatic N) is 4. The minimum Gasteiger partial charge on any atom is -0.320 e. The minimum atomic E-state index is -0.328. The van der Waals surface area contributed by atoms with Gasteiger partial charge in [-0.3, -0.25) is 10.1 Å². The SMILES string of the molecule is Cn1cnnc1C1(c2cccc([N+](=O)[O-])c2)CC2(CCC2)C1. The number of hydrogen-bond donors (Lipinski definition) is 0. The van der Waals surface area contributed by atoms with Crippen molar-refractivity contribution in [3.8, 4) is 0 Å². The molecule has 2 fully saturated rings. The summed E-state index contributed by atoms with van der Waals surface area (Å²) in [4.78, 5) is 10.8. The molecule has 0 saturated heterocycles. The molecule has 1 aromatic heterocycles. The van der Waals surface area contributed by atoms with Crippen molar-refractivity contribution in [3.63, 3.8) is 0 Å².